The molecule has 14 heavy (non-hydrogen) atoms. The number of ketones is 1. The minimum atomic E-state index is -0.315. The monoisotopic (exact) mass is 191 g/mol. The molecule has 0 saturated carbocycles. The van der Waals surface area contributed by atoms with Gasteiger partial charge in [0.05, 0.1) is 6.04 Å². The minimum Gasteiger partial charge on any atom is -0.342 e. The third kappa shape index (κ3) is 1.39. The Kier molecular flexibility index (Phi) is 2.02. The molecule has 2 unspecified atom stereocenters. The quantitative estimate of drug-likeness (QED) is 0.620. The van der Waals surface area contributed by atoms with Gasteiger partial charge < -0.3 is 5.32 Å². The molecular weight excluding hydrogens is 178 g/mol. The number of hydrogen-bond donors (Lipinski definition) is 1. The number of rotatable bonds is 0. The fourth-order valence-corrected chi connectivity index (χ4v) is 2.16. The summed E-state index contributed by atoms with van der Waals surface area (Å²) in [4.78, 5) is 22.8. The predicted molar refractivity (Wildman–Crippen MR) is 52.6 cm³/mol. The first-order valence-electron chi connectivity index (χ1n) is 4.78. The van der Waals surface area contributed by atoms with Crippen LogP contribution in [-0.2, 0) is 9.59 Å². The van der Waals surface area contributed by atoms with Gasteiger partial charge in [-0.2, -0.15) is 0 Å². The molecule has 0 aromatic carbocycles. The van der Waals surface area contributed by atoms with Crippen molar-refractivity contribution in [2.75, 3.05) is 0 Å². The normalized spacial score (nSPS) is 31.6. The van der Waals surface area contributed by atoms with E-state index in [1.165, 1.54) is 0 Å². The molecule has 2 aliphatic rings. The Morgan fingerprint density at radius 3 is 2.57 bits per heavy atom. The first-order valence-corrected chi connectivity index (χ1v) is 4.78. The van der Waals surface area contributed by atoms with Crippen LogP contribution in [0, 0.1) is 5.92 Å². The average Bonchev–Trinajstić information content (AvgIpc) is 2.20. The predicted octanol–water partition coefficient (Wildman–Crippen LogP) is 0.966. The summed E-state index contributed by atoms with van der Waals surface area (Å²) in [6.45, 7) is 3.89. The van der Waals surface area contributed by atoms with Gasteiger partial charge in [-0.1, -0.05) is 11.1 Å². The molecule has 0 saturated heterocycles. The Morgan fingerprint density at radius 1 is 1.21 bits per heavy atom. The van der Waals surface area contributed by atoms with Crippen LogP contribution in [0.4, 0.5) is 0 Å². The molecule has 0 fully saturated rings. The van der Waals surface area contributed by atoms with Crippen LogP contribution in [0.25, 0.3) is 0 Å². The molecule has 1 heterocycles. The molecule has 2 rings (SSSR count). The summed E-state index contributed by atoms with van der Waals surface area (Å²) in [5, 5.41) is 2.70. The molecule has 0 radical (unpaired) electrons. The summed E-state index contributed by atoms with van der Waals surface area (Å²) in [6.07, 6.45) is 3.97. The van der Waals surface area contributed by atoms with Gasteiger partial charge in [0.2, 0.25) is 5.91 Å². The van der Waals surface area contributed by atoms with Crippen LogP contribution in [-0.4, -0.2) is 17.7 Å². The van der Waals surface area contributed by atoms with E-state index < -0.39 is 0 Å². The molecule has 0 spiro atoms. The van der Waals surface area contributed by atoms with Crippen molar-refractivity contribution in [2.45, 2.75) is 26.3 Å². The van der Waals surface area contributed by atoms with E-state index in [0.717, 1.165) is 17.6 Å². The number of carbonyl (C=O) groups is 2. The summed E-state index contributed by atoms with van der Waals surface area (Å²) in [7, 11) is 0. The molecule has 1 N–H and O–H groups in total. The number of allylic oxidation sites excluding steroid dienone is 2. The van der Waals surface area contributed by atoms with Gasteiger partial charge in [0.1, 0.15) is 0 Å². The molecule has 1 amide bonds. The third-order valence-electron chi connectivity index (χ3n) is 2.96. The SMILES string of the molecule is CC1=CC(=O)NC2CC1C(C)=CC2=O. The first-order chi connectivity index (χ1) is 6.58. The molecule has 2 bridgehead atoms. The van der Waals surface area contributed by atoms with E-state index in [-0.39, 0.29) is 23.7 Å². The lowest BCUT2D eigenvalue weighted by Crippen LogP contribution is -2.41. The van der Waals surface area contributed by atoms with E-state index in [9.17, 15) is 9.59 Å². The van der Waals surface area contributed by atoms with Gasteiger partial charge in [0.25, 0.3) is 0 Å². The summed E-state index contributed by atoms with van der Waals surface area (Å²) < 4.78 is 0. The van der Waals surface area contributed by atoms with Crippen LogP contribution in [0.15, 0.2) is 23.3 Å². The Hall–Kier alpha value is -1.38. The summed E-state index contributed by atoms with van der Waals surface area (Å²) in [5.74, 6) is 0.137. The molecule has 1 aliphatic carbocycles. The van der Waals surface area contributed by atoms with Crippen LogP contribution in [0.1, 0.15) is 20.3 Å². The van der Waals surface area contributed by atoms with E-state index in [2.05, 4.69) is 5.32 Å². The van der Waals surface area contributed by atoms with Crippen LogP contribution in [0.2, 0.25) is 0 Å². The van der Waals surface area contributed by atoms with Crippen LogP contribution >= 0.6 is 0 Å². The van der Waals surface area contributed by atoms with Gasteiger partial charge in [-0.05, 0) is 26.3 Å². The molecule has 2 atom stereocenters. The second-order valence-corrected chi connectivity index (χ2v) is 4.03. The molecule has 0 aromatic rings. The zero-order valence-electron chi connectivity index (χ0n) is 8.33. The highest BCUT2D eigenvalue weighted by atomic mass is 16.2. The molecule has 3 heteroatoms. The Balaban J connectivity index is 2.43. The topological polar surface area (TPSA) is 46.2 Å². The smallest absolute Gasteiger partial charge is 0.244 e. The zero-order valence-corrected chi connectivity index (χ0v) is 8.33. The van der Waals surface area contributed by atoms with Crippen molar-refractivity contribution in [3.05, 3.63) is 23.3 Å². The van der Waals surface area contributed by atoms with Gasteiger partial charge in [-0.25, -0.2) is 0 Å². The molecule has 1 aliphatic heterocycles. The fourth-order valence-electron chi connectivity index (χ4n) is 2.16. The lowest BCUT2D eigenvalue weighted by molar-refractivity contribution is -0.123. The van der Waals surface area contributed by atoms with Crippen molar-refractivity contribution in [3.8, 4) is 0 Å². The van der Waals surface area contributed by atoms with Gasteiger partial charge in [0.15, 0.2) is 5.78 Å². The maximum absolute atomic E-state index is 11.5. The maximum Gasteiger partial charge on any atom is 0.244 e. The van der Waals surface area contributed by atoms with Crippen molar-refractivity contribution < 1.29 is 9.59 Å². The second-order valence-electron chi connectivity index (χ2n) is 4.03. The summed E-state index contributed by atoms with van der Waals surface area (Å²) in [5.41, 5.74) is 2.11. The van der Waals surface area contributed by atoms with Gasteiger partial charge >= 0.3 is 0 Å². The van der Waals surface area contributed by atoms with Gasteiger partial charge in [-0.15, -0.1) is 0 Å². The molecule has 74 valence electrons. The minimum absolute atomic E-state index is 0.0233. The van der Waals surface area contributed by atoms with Crippen LogP contribution < -0.4 is 5.32 Å². The van der Waals surface area contributed by atoms with Crippen LogP contribution in [0.5, 0.6) is 0 Å². The van der Waals surface area contributed by atoms with Crippen LogP contribution in [0.3, 0.4) is 0 Å². The Labute approximate surface area is 82.9 Å². The number of nitrogens with one attached hydrogen (secondary N) is 1. The van der Waals surface area contributed by atoms with Crippen molar-refractivity contribution in [3.63, 3.8) is 0 Å². The lowest BCUT2D eigenvalue weighted by Gasteiger charge is -2.25. The van der Waals surface area contributed by atoms with Crippen molar-refractivity contribution in [2.24, 2.45) is 5.92 Å². The number of carbonyl (C=O) groups excluding carboxylic acids is 2. The summed E-state index contributed by atoms with van der Waals surface area (Å²) in [6, 6.07) is -0.315. The third-order valence-corrected chi connectivity index (χ3v) is 2.96. The van der Waals surface area contributed by atoms with Gasteiger partial charge in [-0.3, -0.25) is 9.59 Å². The number of hydrogen-bond acceptors (Lipinski definition) is 2. The Bertz CT molecular complexity index is 365. The average molecular weight is 191 g/mol. The highest BCUT2D eigenvalue weighted by Gasteiger charge is 2.32. The van der Waals surface area contributed by atoms with E-state index in [4.69, 9.17) is 0 Å². The molecular formula is C11H13NO2. The van der Waals surface area contributed by atoms with E-state index in [1.807, 2.05) is 13.8 Å². The zero-order chi connectivity index (χ0) is 10.3. The second kappa shape index (κ2) is 3.08. The molecule has 3 nitrogen and oxygen atoms in total. The Morgan fingerprint density at radius 2 is 1.86 bits per heavy atom. The highest BCUT2D eigenvalue weighted by molar-refractivity contribution is 6.01. The first kappa shape index (κ1) is 9.19. The van der Waals surface area contributed by atoms with E-state index in [0.29, 0.717) is 0 Å². The standard InChI is InChI=1S/C11H13NO2/c1-6-3-10(13)9-5-8(6)7(2)4-11(14)12-9/h3-4,8-9H,5H2,1-2H3,(H,12,14). The van der Waals surface area contributed by atoms with Crippen molar-refractivity contribution in [1.29, 1.82) is 0 Å². The van der Waals surface area contributed by atoms with Crippen molar-refractivity contribution in [1.82, 2.24) is 5.32 Å². The lowest BCUT2D eigenvalue weighted by atomic mass is 9.81. The highest BCUT2D eigenvalue weighted by Crippen LogP contribution is 2.30. The fraction of sp³-hybridized carbons (Fsp3) is 0.455. The van der Waals surface area contributed by atoms with Crippen molar-refractivity contribution >= 4 is 11.7 Å². The largest absolute Gasteiger partial charge is 0.342 e. The summed E-state index contributed by atoms with van der Waals surface area (Å²) >= 11 is 0. The van der Waals surface area contributed by atoms with E-state index in [1.54, 1.807) is 12.2 Å². The van der Waals surface area contributed by atoms with E-state index >= 15 is 0 Å². The number of fused-ring (bicyclic) bond motifs is 2. The maximum atomic E-state index is 11.5. The molecule has 0 aromatic heterocycles. The van der Waals surface area contributed by atoms with Gasteiger partial charge in [0, 0.05) is 12.0 Å². The number of amides is 1.